The molecule has 0 bridgehead atoms. The molecule has 1 amide bonds. The summed E-state index contributed by atoms with van der Waals surface area (Å²) in [6, 6.07) is 14.7. The topological polar surface area (TPSA) is 66.4 Å². The second kappa shape index (κ2) is 7.41. The van der Waals surface area contributed by atoms with Crippen LogP contribution in [0.15, 0.2) is 48.5 Å². The van der Waals surface area contributed by atoms with E-state index < -0.39 is 5.97 Å². The number of aryl methyl sites for hydroxylation is 2. The molecule has 0 aliphatic heterocycles. The van der Waals surface area contributed by atoms with Crippen molar-refractivity contribution in [1.29, 1.82) is 0 Å². The van der Waals surface area contributed by atoms with E-state index in [4.69, 9.17) is 5.11 Å². The summed E-state index contributed by atoms with van der Waals surface area (Å²) in [6.45, 7) is 2.37. The molecule has 0 aliphatic carbocycles. The molecule has 2 N–H and O–H groups in total. The van der Waals surface area contributed by atoms with E-state index in [-0.39, 0.29) is 11.5 Å². The summed E-state index contributed by atoms with van der Waals surface area (Å²) in [6.07, 6.45) is 1.11. The van der Waals surface area contributed by atoms with Crippen molar-refractivity contribution in [2.45, 2.75) is 26.3 Å². The van der Waals surface area contributed by atoms with Crippen molar-refractivity contribution in [2.24, 2.45) is 0 Å². The van der Waals surface area contributed by atoms with Gasteiger partial charge in [0.25, 0.3) is 0 Å². The van der Waals surface area contributed by atoms with Crippen molar-refractivity contribution in [1.82, 2.24) is 5.32 Å². The lowest BCUT2D eigenvalue weighted by atomic mass is 10.1. The maximum Gasteiger partial charge on any atom is 0.335 e. The average molecular weight is 297 g/mol. The van der Waals surface area contributed by atoms with Gasteiger partial charge in [0.05, 0.1) is 5.56 Å². The van der Waals surface area contributed by atoms with Crippen LogP contribution < -0.4 is 5.32 Å². The maximum atomic E-state index is 11.8. The number of nitrogens with one attached hydrogen (secondary N) is 1. The molecule has 2 rings (SSSR count). The monoisotopic (exact) mass is 297 g/mol. The number of benzene rings is 2. The first-order chi connectivity index (χ1) is 10.5. The minimum absolute atomic E-state index is 0.0405. The van der Waals surface area contributed by atoms with E-state index in [9.17, 15) is 9.59 Å². The van der Waals surface area contributed by atoms with E-state index in [0.29, 0.717) is 19.4 Å². The Hall–Kier alpha value is -2.62. The highest BCUT2D eigenvalue weighted by Gasteiger charge is 2.05. The second-order valence-electron chi connectivity index (χ2n) is 5.27. The quantitative estimate of drug-likeness (QED) is 0.861. The highest BCUT2D eigenvalue weighted by molar-refractivity contribution is 5.87. The molecule has 114 valence electrons. The van der Waals surface area contributed by atoms with Crippen LogP contribution in [0.5, 0.6) is 0 Å². The van der Waals surface area contributed by atoms with Crippen molar-refractivity contribution >= 4 is 11.9 Å². The zero-order valence-corrected chi connectivity index (χ0v) is 12.5. The van der Waals surface area contributed by atoms with E-state index in [1.807, 2.05) is 31.2 Å². The van der Waals surface area contributed by atoms with Crippen molar-refractivity contribution < 1.29 is 14.7 Å². The number of rotatable bonds is 6. The summed E-state index contributed by atoms with van der Waals surface area (Å²) in [5.41, 5.74) is 3.34. The Balaban J connectivity index is 1.81. The van der Waals surface area contributed by atoms with Crippen LogP contribution in [-0.4, -0.2) is 17.0 Å². The maximum absolute atomic E-state index is 11.8. The largest absolute Gasteiger partial charge is 0.478 e. The number of hydrogen-bond acceptors (Lipinski definition) is 2. The molecular weight excluding hydrogens is 278 g/mol. The van der Waals surface area contributed by atoms with Gasteiger partial charge < -0.3 is 10.4 Å². The number of hydrogen-bond donors (Lipinski definition) is 2. The van der Waals surface area contributed by atoms with Gasteiger partial charge in [-0.1, -0.05) is 42.0 Å². The summed E-state index contributed by atoms with van der Waals surface area (Å²) in [5, 5.41) is 11.7. The number of carboxylic acid groups (broad SMARTS) is 1. The summed E-state index contributed by atoms with van der Waals surface area (Å²) in [7, 11) is 0. The molecule has 0 radical (unpaired) electrons. The number of aromatic carboxylic acids is 1. The van der Waals surface area contributed by atoms with E-state index in [1.54, 1.807) is 18.2 Å². The molecule has 2 aromatic carbocycles. The number of amides is 1. The van der Waals surface area contributed by atoms with Gasteiger partial charge in [0.15, 0.2) is 0 Å². The SMILES string of the molecule is Cc1ccc(CCC(=O)NCc2cccc(C(=O)O)c2)cc1. The van der Waals surface area contributed by atoms with Crippen LogP contribution in [0.25, 0.3) is 0 Å². The molecule has 4 nitrogen and oxygen atoms in total. The first-order valence-electron chi connectivity index (χ1n) is 7.19. The van der Waals surface area contributed by atoms with Crippen LogP contribution in [-0.2, 0) is 17.8 Å². The van der Waals surface area contributed by atoms with Gasteiger partial charge in [-0.15, -0.1) is 0 Å². The van der Waals surface area contributed by atoms with E-state index >= 15 is 0 Å². The van der Waals surface area contributed by atoms with Gasteiger partial charge in [0, 0.05) is 13.0 Å². The zero-order valence-electron chi connectivity index (χ0n) is 12.5. The first-order valence-corrected chi connectivity index (χ1v) is 7.19. The van der Waals surface area contributed by atoms with E-state index in [0.717, 1.165) is 11.1 Å². The molecule has 22 heavy (non-hydrogen) atoms. The minimum atomic E-state index is -0.965. The molecule has 0 heterocycles. The van der Waals surface area contributed by atoms with Crippen molar-refractivity contribution in [3.63, 3.8) is 0 Å². The van der Waals surface area contributed by atoms with Gasteiger partial charge in [0.1, 0.15) is 0 Å². The molecular formula is C18H19NO3. The van der Waals surface area contributed by atoms with Crippen LogP contribution >= 0.6 is 0 Å². The van der Waals surface area contributed by atoms with Crippen LogP contribution in [0.1, 0.15) is 33.5 Å². The third-order valence-corrected chi connectivity index (χ3v) is 3.42. The number of carbonyl (C=O) groups is 2. The Morgan fingerprint density at radius 3 is 2.45 bits per heavy atom. The second-order valence-corrected chi connectivity index (χ2v) is 5.27. The fourth-order valence-electron chi connectivity index (χ4n) is 2.12. The predicted octanol–water partition coefficient (Wildman–Crippen LogP) is 2.94. The van der Waals surface area contributed by atoms with Crippen molar-refractivity contribution in [2.75, 3.05) is 0 Å². The minimum Gasteiger partial charge on any atom is -0.478 e. The Kier molecular flexibility index (Phi) is 5.31. The van der Waals surface area contributed by atoms with Crippen LogP contribution in [0, 0.1) is 6.92 Å². The average Bonchev–Trinajstić information content (AvgIpc) is 2.52. The fraction of sp³-hybridized carbons (Fsp3) is 0.222. The molecule has 0 saturated carbocycles. The van der Waals surface area contributed by atoms with Crippen LogP contribution in [0.2, 0.25) is 0 Å². The molecule has 0 spiro atoms. The molecule has 4 heteroatoms. The normalized spacial score (nSPS) is 10.2. The van der Waals surface area contributed by atoms with Crippen molar-refractivity contribution in [3.8, 4) is 0 Å². The van der Waals surface area contributed by atoms with Gasteiger partial charge >= 0.3 is 5.97 Å². The van der Waals surface area contributed by atoms with Gasteiger partial charge in [-0.3, -0.25) is 4.79 Å². The van der Waals surface area contributed by atoms with E-state index in [1.165, 1.54) is 11.6 Å². The summed E-state index contributed by atoms with van der Waals surface area (Å²) < 4.78 is 0. The number of carboxylic acids is 1. The standard InChI is InChI=1S/C18H19NO3/c1-13-5-7-14(8-6-13)9-10-17(20)19-12-15-3-2-4-16(11-15)18(21)22/h2-8,11H,9-10,12H2,1H3,(H,19,20)(H,21,22). The Bertz CT molecular complexity index is 662. The molecule has 0 aliphatic rings. The summed E-state index contributed by atoms with van der Waals surface area (Å²) in [5.74, 6) is -1.01. The summed E-state index contributed by atoms with van der Waals surface area (Å²) >= 11 is 0. The molecule has 0 unspecified atom stereocenters. The molecule has 0 saturated heterocycles. The van der Waals surface area contributed by atoms with Gasteiger partial charge in [-0.05, 0) is 36.6 Å². The smallest absolute Gasteiger partial charge is 0.335 e. The lowest BCUT2D eigenvalue weighted by Crippen LogP contribution is -2.23. The lowest BCUT2D eigenvalue weighted by molar-refractivity contribution is -0.121. The molecule has 0 aromatic heterocycles. The van der Waals surface area contributed by atoms with E-state index in [2.05, 4.69) is 5.32 Å². The Morgan fingerprint density at radius 1 is 1.05 bits per heavy atom. The zero-order chi connectivity index (χ0) is 15.9. The third kappa shape index (κ3) is 4.74. The fourth-order valence-corrected chi connectivity index (χ4v) is 2.12. The molecule has 0 atom stereocenters. The Morgan fingerprint density at radius 2 is 1.77 bits per heavy atom. The van der Waals surface area contributed by atoms with Crippen molar-refractivity contribution in [3.05, 3.63) is 70.8 Å². The predicted molar refractivity (Wildman–Crippen MR) is 84.7 cm³/mol. The van der Waals surface area contributed by atoms with Crippen LogP contribution in [0.4, 0.5) is 0 Å². The first kappa shape index (κ1) is 15.8. The highest BCUT2D eigenvalue weighted by atomic mass is 16.4. The molecule has 0 fully saturated rings. The van der Waals surface area contributed by atoms with Gasteiger partial charge in [0.2, 0.25) is 5.91 Å². The highest BCUT2D eigenvalue weighted by Crippen LogP contribution is 2.07. The molecule has 2 aromatic rings. The van der Waals surface area contributed by atoms with Gasteiger partial charge in [-0.2, -0.15) is 0 Å². The van der Waals surface area contributed by atoms with Gasteiger partial charge in [-0.25, -0.2) is 4.79 Å². The third-order valence-electron chi connectivity index (χ3n) is 3.42. The lowest BCUT2D eigenvalue weighted by Gasteiger charge is -2.06. The number of carbonyl (C=O) groups excluding carboxylic acids is 1. The summed E-state index contributed by atoms with van der Waals surface area (Å²) in [4.78, 5) is 22.7. The van der Waals surface area contributed by atoms with Crippen LogP contribution in [0.3, 0.4) is 0 Å². The Labute approximate surface area is 129 Å².